The van der Waals surface area contributed by atoms with E-state index in [-0.39, 0.29) is 12.5 Å². The monoisotopic (exact) mass is 324 g/mol. The molecule has 7 heteroatoms. The van der Waals surface area contributed by atoms with Gasteiger partial charge in [-0.3, -0.25) is 9.59 Å². The van der Waals surface area contributed by atoms with Gasteiger partial charge in [0.25, 0.3) is 5.91 Å². The fraction of sp³-hybridized carbons (Fsp3) is 0.235. The summed E-state index contributed by atoms with van der Waals surface area (Å²) in [6.07, 6.45) is 3.42. The molecule has 1 aromatic carbocycles. The molecule has 0 fully saturated rings. The van der Waals surface area contributed by atoms with E-state index in [1.165, 1.54) is 0 Å². The highest BCUT2D eigenvalue weighted by atomic mass is 16.4. The van der Waals surface area contributed by atoms with Crippen LogP contribution in [0.15, 0.2) is 36.8 Å². The highest BCUT2D eigenvalue weighted by molar-refractivity contribution is 5.98. The zero-order chi connectivity index (χ0) is 16.8. The van der Waals surface area contributed by atoms with Crippen LogP contribution < -0.4 is 0 Å². The number of nitrogens with zero attached hydrogens (tertiary/aromatic N) is 3. The smallest absolute Gasteiger partial charge is 0.314 e. The Morgan fingerprint density at radius 1 is 1.33 bits per heavy atom. The van der Waals surface area contributed by atoms with Crippen LogP contribution in [-0.2, 0) is 18.4 Å². The van der Waals surface area contributed by atoms with E-state index in [9.17, 15) is 14.7 Å². The minimum atomic E-state index is -0.946. The number of imidazole rings is 1. The van der Waals surface area contributed by atoms with Crippen LogP contribution >= 0.6 is 0 Å². The van der Waals surface area contributed by atoms with E-state index in [0.29, 0.717) is 23.5 Å². The second-order valence-electron chi connectivity index (χ2n) is 6.04. The Bertz CT molecular complexity index is 956. The molecule has 2 aromatic heterocycles. The van der Waals surface area contributed by atoms with Gasteiger partial charge in [-0.2, -0.15) is 0 Å². The molecule has 0 saturated heterocycles. The number of carbonyl (C=O) groups is 2. The number of aromatic nitrogens is 3. The Hall–Kier alpha value is -3.09. The first-order valence-corrected chi connectivity index (χ1v) is 7.64. The number of aliphatic carboxylic acids is 1. The molecule has 1 aliphatic heterocycles. The van der Waals surface area contributed by atoms with Gasteiger partial charge in [-0.1, -0.05) is 0 Å². The van der Waals surface area contributed by atoms with Gasteiger partial charge in [0.2, 0.25) is 0 Å². The van der Waals surface area contributed by atoms with E-state index in [1.807, 2.05) is 24.4 Å². The summed E-state index contributed by atoms with van der Waals surface area (Å²) >= 11 is 0. The van der Waals surface area contributed by atoms with Gasteiger partial charge in [-0.25, -0.2) is 4.98 Å². The van der Waals surface area contributed by atoms with Crippen molar-refractivity contribution in [2.45, 2.75) is 12.5 Å². The number of aryl methyl sites for hydroxylation is 1. The van der Waals surface area contributed by atoms with Crippen molar-refractivity contribution in [2.75, 3.05) is 6.54 Å². The normalized spacial score (nSPS) is 17.0. The number of hydrogen-bond donors (Lipinski definition) is 2. The first-order valence-electron chi connectivity index (χ1n) is 7.64. The average Bonchev–Trinajstić information content (AvgIpc) is 3.19. The van der Waals surface area contributed by atoms with E-state index < -0.39 is 11.9 Å². The standard InChI is InChI=1S/C17H16N4O3/c1-20-9-19-14-8-21(7-12(15(14)20)17(23)24)16(22)11-2-3-13-10(6-11)4-5-18-13/h2-6,9,12,18H,7-8H2,1H3,(H,23,24). The van der Waals surface area contributed by atoms with Gasteiger partial charge in [0.1, 0.15) is 5.92 Å². The van der Waals surface area contributed by atoms with Crippen molar-refractivity contribution in [2.24, 2.45) is 7.05 Å². The summed E-state index contributed by atoms with van der Waals surface area (Å²) in [6.45, 7) is 0.468. The third-order valence-electron chi connectivity index (χ3n) is 4.52. The summed E-state index contributed by atoms with van der Waals surface area (Å²) in [5.74, 6) is -1.89. The van der Waals surface area contributed by atoms with Crippen LogP contribution in [0.5, 0.6) is 0 Å². The molecule has 122 valence electrons. The molecule has 0 bridgehead atoms. The van der Waals surface area contributed by atoms with Crippen LogP contribution in [0, 0.1) is 0 Å². The lowest BCUT2D eigenvalue weighted by atomic mass is 9.97. The number of H-pyrrole nitrogens is 1. The maximum atomic E-state index is 12.8. The molecule has 3 aromatic rings. The molecule has 0 spiro atoms. The predicted octanol–water partition coefficient (Wildman–Crippen LogP) is 1.73. The molecule has 1 atom stereocenters. The summed E-state index contributed by atoms with van der Waals surface area (Å²) in [5, 5.41) is 10.5. The van der Waals surface area contributed by atoms with Gasteiger partial charge >= 0.3 is 5.97 Å². The number of hydrogen-bond acceptors (Lipinski definition) is 3. The van der Waals surface area contributed by atoms with E-state index in [4.69, 9.17) is 0 Å². The lowest BCUT2D eigenvalue weighted by molar-refractivity contribution is -0.139. The average molecular weight is 324 g/mol. The van der Waals surface area contributed by atoms with Gasteiger partial charge in [0.15, 0.2) is 0 Å². The van der Waals surface area contributed by atoms with Crippen molar-refractivity contribution >= 4 is 22.8 Å². The summed E-state index contributed by atoms with van der Waals surface area (Å²) in [6, 6.07) is 7.33. The van der Waals surface area contributed by atoms with Crippen molar-refractivity contribution in [1.29, 1.82) is 0 Å². The van der Waals surface area contributed by atoms with Gasteiger partial charge in [-0.05, 0) is 24.3 Å². The molecular weight excluding hydrogens is 308 g/mol. The predicted molar refractivity (Wildman–Crippen MR) is 86.6 cm³/mol. The maximum absolute atomic E-state index is 12.8. The van der Waals surface area contributed by atoms with E-state index in [0.717, 1.165) is 10.9 Å². The molecule has 7 nitrogen and oxygen atoms in total. The van der Waals surface area contributed by atoms with E-state index in [2.05, 4.69) is 9.97 Å². The van der Waals surface area contributed by atoms with E-state index in [1.54, 1.807) is 28.9 Å². The Labute approximate surface area is 137 Å². The molecule has 1 amide bonds. The highest BCUT2D eigenvalue weighted by Gasteiger charge is 2.35. The largest absolute Gasteiger partial charge is 0.481 e. The first kappa shape index (κ1) is 14.5. The fourth-order valence-electron chi connectivity index (χ4n) is 3.33. The van der Waals surface area contributed by atoms with Crippen molar-refractivity contribution in [3.8, 4) is 0 Å². The van der Waals surface area contributed by atoms with Gasteiger partial charge < -0.3 is 19.6 Å². The molecular formula is C17H16N4O3. The maximum Gasteiger partial charge on any atom is 0.314 e. The van der Waals surface area contributed by atoms with Gasteiger partial charge in [0, 0.05) is 36.3 Å². The molecule has 3 heterocycles. The summed E-state index contributed by atoms with van der Waals surface area (Å²) in [7, 11) is 1.78. The quantitative estimate of drug-likeness (QED) is 0.751. The second-order valence-corrected chi connectivity index (χ2v) is 6.04. The van der Waals surface area contributed by atoms with Crippen molar-refractivity contribution in [3.63, 3.8) is 0 Å². The van der Waals surface area contributed by atoms with Crippen molar-refractivity contribution in [3.05, 3.63) is 53.7 Å². The first-order chi connectivity index (χ1) is 11.5. The number of carboxylic acids is 1. The SMILES string of the molecule is Cn1cnc2c1C(C(=O)O)CN(C(=O)c1ccc3[nH]ccc3c1)C2. The van der Waals surface area contributed by atoms with E-state index >= 15 is 0 Å². The summed E-state index contributed by atoms with van der Waals surface area (Å²) in [4.78, 5) is 33.4. The number of nitrogens with one attached hydrogen (secondary N) is 1. The minimum Gasteiger partial charge on any atom is -0.481 e. The Morgan fingerprint density at radius 2 is 2.17 bits per heavy atom. The lowest BCUT2D eigenvalue weighted by Gasteiger charge is -2.31. The number of rotatable bonds is 2. The van der Waals surface area contributed by atoms with Crippen LogP contribution in [0.3, 0.4) is 0 Å². The number of carboxylic acid groups (broad SMARTS) is 1. The van der Waals surface area contributed by atoms with Crippen LogP contribution in [0.1, 0.15) is 27.7 Å². The number of aromatic amines is 1. The van der Waals surface area contributed by atoms with Gasteiger partial charge in [0.05, 0.1) is 24.3 Å². The number of carbonyl (C=O) groups excluding carboxylic acids is 1. The molecule has 1 aliphatic rings. The minimum absolute atomic E-state index is 0.145. The Balaban J connectivity index is 1.69. The summed E-state index contributed by atoms with van der Waals surface area (Å²) < 4.78 is 1.72. The molecule has 0 aliphatic carbocycles. The van der Waals surface area contributed by atoms with Crippen LogP contribution in [0.4, 0.5) is 0 Å². The molecule has 1 unspecified atom stereocenters. The molecule has 4 rings (SSSR count). The Kier molecular flexibility index (Phi) is 3.16. The topological polar surface area (TPSA) is 91.2 Å². The third kappa shape index (κ3) is 2.17. The number of benzene rings is 1. The third-order valence-corrected chi connectivity index (χ3v) is 4.52. The van der Waals surface area contributed by atoms with Crippen LogP contribution in [-0.4, -0.2) is 43.0 Å². The van der Waals surface area contributed by atoms with Crippen molar-refractivity contribution < 1.29 is 14.7 Å². The zero-order valence-electron chi connectivity index (χ0n) is 13.1. The zero-order valence-corrected chi connectivity index (χ0v) is 13.1. The summed E-state index contributed by atoms with van der Waals surface area (Å²) in [5.41, 5.74) is 2.83. The molecule has 0 radical (unpaired) electrons. The molecule has 0 saturated carbocycles. The Morgan fingerprint density at radius 3 is 2.96 bits per heavy atom. The molecule has 24 heavy (non-hydrogen) atoms. The lowest BCUT2D eigenvalue weighted by Crippen LogP contribution is -2.41. The van der Waals surface area contributed by atoms with Crippen LogP contribution in [0.25, 0.3) is 10.9 Å². The fourth-order valence-corrected chi connectivity index (χ4v) is 3.33. The van der Waals surface area contributed by atoms with Crippen LogP contribution in [0.2, 0.25) is 0 Å². The highest BCUT2D eigenvalue weighted by Crippen LogP contribution is 2.29. The molecule has 2 N–H and O–H groups in total. The number of fused-ring (bicyclic) bond motifs is 2. The number of amides is 1. The second kappa shape index (κ2) is 5.23. The van der Waals surface area contributed by atoms with Crippen molar-refractivity contribution in [1.82, 2.24) is 19.4 Å². The van der Waals surface area contributed by atoms with Gasteiger partial charge in [-0.15, -0.1) is 0 Å².